The van der Waals surface area contributed by atoms with Crippen LogP contribution in [0.4, 0.5) is 13.2 Å². The number of hydrogen-bond acceptors (Lipinski definition) is 5. The Morgan fingerprint density at radius 2 is 1.65 bits per heavy atom. The summed E-state index contributed by atoms with van der Waals surface area (Å²) in [7, 11) is -8.67. The number of halogens is 3. The number of aromatic carboxylic acids is 1. The van der Waals surface area contributed by atoms with Crippen LogP contribution in [0.1, 0.15) is 41.3 Å². The number of carbonyl (C=O) groups is 1. The quantitative estimate of drug-likeness (QED) is 0.387. The summed E-state index contributed by atoms with van der Waals surface area (Å²) < 4.78 is 97.8. The van der Waals surface area contributed by atoms with E-state index in [0.29, 0.717) is 12.0 Å². The molecule has 1 aliphatic heterocycles. The van der Waals surface area contributed by atoms with Crippen molar-refractivity contribution in [1.82, 2.24) is 9.03 Å². The zero-order chi connectivity index (χ0) is 29.3. The van der Waals surface area contributed by atoms with E-state index in [2.05, 4.69) is 4.72 Å². The van der Waals surface area contributed by atoms with E-state index in [0.717, 1.165) is 28.1 Å². The van der Waals surface area contributed by atoms with Gasteiger partial charge in [-0.2, -0.15) is 17.5 Å². The summed E-state index contributed by atoms with van der Waals surface area (Å²) in [4.78, 5) is 10.1. The number of aryl methyl sites for hydroxylation is 1. The number of rotatable bonds is 8. The van der Waals surface area contributed by atoms with Gasteiger partial charge in [0.05, 0.1) is 20.9 Å². The third-order valence-electron chi connectivity index (χ3n) is 6.78. The molecule has 1 saturated heterocycles. The lowest BCUT2D eigenvalue weighted by atomic mass is 9.97. The molecule has 0 atom stereocenters. The van der Waals surface area contributed by atoms with Crippen molar-refractivity contribution < 1.29 is 39.9 Å². The topological polar surface area (TPSA) is 121 Å². The van der Waals surface area contributed by atoms with Crippen LogP contribution in [-0.2, 0) is 32.6 Å². The molecule has 0 aromatic heterocycles. The van der Waals surface area contributed by atoms with E-state index in [4.69, 9.17) is 5.11 Å². The maximum absolute atomic E-state index is 14.1. The Kier molecular flexibility index (Phi) is 8.41. The maximum atomic E-state index is 14.1. The predicted molar refractivity (Wildman–Crippen MR) is 142 cm³/mol. The molecule has 1 fully saturated rings. The van der Waals surface area contributed by atoms with E-state index in [1.54, 1.807) is 24.3 Å². The van der Waals surface area contributed by atoms with Gasteiger partial charge in [-0.15, -0.1) is 0 Å². The SMILES string of the molecule is CCc1ccccc1-c1ccc(S(=O)(=O)NC2CCN(S(=O)(=O)c3cccc(C(=O)O)c3)CC2)c(C(F)(F)F)c1. The molecule has 2 N–H and O–H groups in total. The highest BCUT2D eigenvalue weighted by Gasteiger charge is 2.39. The smallest absolute Gasteiger partial charge is 0.417 e. The van der Waals surface area contributed by atoms with E-state index < -0.39 is 48.7 Å². The molecular weight excluding hydrogens is 569 g/mol. The molecule has 0 bridgehead atoms. The molecule has 0 aliphatic carbocycles. The van der Waals surface area contributed by atoms with E-state index in [-0.39, 0.29) is 42.0 Å². The number of alkyl halides is 3. The minimum atomic E-state index is -4.94. The van der Waals surface area contributed by atoms with Crippen LogP contribution in [0.3, 0.4) is 0 Å². The lowest BCUT2D eigenvalue weighted by Crippen LogP contribution is -2.46. The number of piperidine rings is 1. The second kappa shape index (κ2) is 11.3. The molecular formula is C27H27F3N2O6S2. The molecule has 0 spiro atoms. The van der Waals surface area contributed by atoms with Gasteiger partial charge in [0, 0.05) is 19.1 Å². The molecule has 0 radical (unpaired) electrons. The van der Waals surface area contributed by atoms with E-state index in [1.165, 1.54) is 24.3 Å². The van der Waals surface area contributed by atoms with Gasteiger partial charge in [-0.1, -0.05) is 43.3 Å². The third-order valence-corrected chi connectivity index (χ3v) is 10.3. The Morgan fingerprint density at radius 3 is 2.27 bits per heavy atom. The van der Waals surface area contributed by atoms with E-state index >= 15 is 0 Å². The van der Waals surface area contributed by atoms with Crippen LogP contribution in [0.15, 0.2) is 76.5 Å². The van der Waals surface area contributed by atoms with Gasteiger partial charge in [-0.3, -0.25) is 0 Å². The van der Waals surface area contributed by atoms with Gasteiger partial charge in [0.25, 0.3) is 0 Å². The van der Waals surface area contributed by atoms with Crippen LogP contribution in [0.2, 0.25) is 0 Å². The van der Waals surface area contributed by atoms with Crippen molar-refractivity contribution in [3.63, 3.8) is 0 Å². The fourth-order valence-electron chi connectivity index (χ4n) is 4.70. The molecule has 40 heavy (non-hydrogen) atoms. The van der Waals surface area contributed by atoms with Crippen molar-refractivity contribution in [1.29, 1.82) is 0 Å². The average Bonchev–Trinajstić information content (AvgIpc) is 2.92. The lowest BCUT2D eigenvalue weighted by Gasteiger charge is -2.31. The van der Waals surface area contributed by atoms with Crippen molar-refractivity contribution in [2.45, 2.75) is 48.2 Å². The minimum absolute atomic E-state index is 0.0143. The normalized spacial score (nSPS) is 15.7. The Bertz CT molecular complexity index is 1630. The van der Waals surface area contributed by atoms with Gasteiger partial charge in [0.15, 0.2) is 0 Å². The van der Waals surface area contributed by atoms with E-state index in [1.807, 2.05) is 6.92 Å². The summed E-state index contributed by atoms with van der Waals surface area (Å²) in [5, 5.41) is 9.14. The van der Waals surface area contributed by atoms with Crippen LogP contribution in [-0.4, -0.2) is 51.3 Å². The van der Waals surface area contributed by atoms with Crippen molar-refractivity contribution in [2.24, 2.45) is 0 Å². The Labute approximate surface area is 230 Å². The summed E-state index contributed by atoms with van der Waals surface area (Å²) in [6, 6.07) is 14.1. The van der Waals surface area contributed by atoms with Crippen LogP contribution >= 0.6 is 0 Å². The first-order valence-corrected chi connectivity index (χ1v) is 15.3. The van der Waals surface area contributed by atoms with Crippen molar-refractivity contribution in [2.75, 3.05) is 13.1 Å². The first-order chi connectivity index (χ1) is 18.7. The standard InChI is InChI=1S/C27H27F3N2O6S2/c1-2-18-6-3-4-9-23(18)19-10-11-25(24(17-19)27(28,29)30)39(35,36)31-21-12-14-32(15-13-21)40(37,38)22-8-5-7-20(16-22)26(33)34/h3-11,16-17,21,31H,2,12-15H2,1H3,(H,33,34). The third kappa shape index (κ3) is 6.22. The minimum Gasteiger partial charge on any atom is -0.478 e. The van der Waals surface area contributed by atoms with Gasteiger partial charge in [-0.25, -0.2) is 26.4 Å². The zero-order valence-corrected chi connectivity index (χ0v) is 23.0. The number of sulfonamides is 2. The molecule has 0 amide bonds. The molecule has 214 valence electrons. The summed E-state index contributed by atoms with van der Waals surface area (Å²) in [5.41, 5.74) is 0.153. The number of carboxylic acid groups (broad SMARTS) is 1. The number of nitrogens with zero attached hydrogens (tertiary/aromatic N) is 1. The average molecular weight is 597 g/mol. The Hall–Kier alpha value is -3.26. The molecule has 0 saturated carbocycles. The number of carboxylic acids is 1. The largest absolute Gasteiger partial charge is 0.478 e. The Balaban J connectivity index is 1.54. The van der Waals surface area contributed by atoms with E-state index in [9.17, 15) is 34.8 Å². The summed E-state index contributed by atoms with van der Waals surface area (Å²) in [6.45, 7) is 1.66. The first kappa shape index (κ1) is 29.7. The molecule has 1 aliphatic rings. The van der Waals surface area contributed by atoms with Crippen molar-refractivity contribution in [3.8, 4) is 11.1 Å². The van der Waals surface area contributed by atoms with Gasteiger partial charge >= 0.3 is 12.1 Å². The summed E-state index contributed by atoms with van der Waals surface area (Å²) >= 11 is 0. The zero-order valence-electron chi connectivity index (χ0n) is 21.3. The van der Waals surface area contributed by atoms with Crippen molar-refractivity contribution in [3.05, 3.63) is 83.4 Å². The maximum Gasteiger partial charge on any atom is 0.417 e. The molecule has 3 aromatic rings. The molecule has 1 heterocycles. The second-order valence-corrected chi connectivity index (χ2v) is 13.0. The molecule has 13 heteroatoms. The molecule has 3 aromatic carbocycles. The summed E-state index contributed by atoms with van der Waals surface area (Å²) in [6.07, 6.45) is -4.33. The van der Waals surface area contributed by atoms with Gasteiger partial charge in [-0.05, 0) is 66.3 Å². The molecule has 8 nitrogen and oxygen atoms in total. The van der Waals surface area contributed by atoms with Gasteiger partial charge in [0.2, 0.25) is 20.0 Å². The fourth-order valence-corrected chi connectivity index (χ4v) is 7.73. The van der Waals surface area contributed by atoms with Gasteiger partial charge in [0.1, 0.15) is 0 Å². The molecule has 0 unspecified atom stereocenters. The predicted octanol–water partition coefficient (Wildman–Crippen LogP) is 4.76. The highest BCUT2D eigenvalue weighted by atomic mass is 32.2. The first-order valence-electron chi connectivity index (χ1n) is 12.4. The highest BCUT2D eigenvalue weighted by Crippen LogP contribution is 2.38. The van der Waals surface area contributed by atoms with Crippen LogP contribution in [0.5, 0.6) is 0 Å². The summed E-state index contributed by atoms with van der Waals surface area (Å²) in [5.74, 6) is -1.29. The van der Waals surface area contributed by atoms with Gasteiger partial charge < -0.3 is 5.11 Å². The number of benzene rings is 3. The Morgan fingerprint density at radius 1 is 0.975 bits per heavy atom. The number of nitrogens with one attached hydrogen (secondary N) is 1. The number of hydrogen-bond donors (Lipinski definition) is 2. The highest BCUT2D eigenvalue weighted by molar-refractivity contribution is 7.89. The van der Waals surface area contributed by atoms with Crippen LogP contribution in [0.25, 0.3) is 11.1 Å². The van der Waals surface area contributed by atoms with Crippen LogP contribution in [0, 0.1) is 0 Å². The lowest BCUT2D eigenvalue weighted by molar-refractivity contribution is -0.139. The monoisotopic (exact) mass is 596 g/mol. The fraction of sp³-hybridized carbons (Fsp3) is 0.296. The molecule has 4 rings (SSSR count). The van der Waals surface area contributed by atoms with Crippen molar-refractivity contribution >= 4 is 26.0 Å². The second-order valence-electron chi connectivity index (χ2n) is 9.35. The van der Waals surface area contributed by atoms with Crippen LogP contribution < -0.4 is 4.72 Å².